The van der Waals surface area contributed by atoms with Gasteiger partial charge in [0.05, 0.1) is 0 Å². The number of hydrogen-bond acceptors (Lipinski definition) is 4. The maximum Gasteiger partial charge on any atom is 0.343 e. The van der Waals surface area contributed by atoms with Gasteiger partial charge in [-0.3, -0.25) is 4.57 Å². The Kier molecular flexibility index (Phi) is 6.25. The number of nitrogens with one attached hydrogen (secondary N) is 1. The highest BCUT2D eigenvalue weighted by Gasteiger charge is 2.07. The zero-order valence-corrected chi connectivity index (χ0v) is 10.4. The minimum atomic E-state index is -0.127. The predicted octanol–water partition coefficient (Wildman–Crippen LogP) is 1.24. The van der Waals surface area contributed by atoms with Crippen molar-refractivity contribution >= 4 is 11.8 Å². The monoisotopic (exact) mass is 245 g/mol. The molecule has 1 aromatic heterocycles. The largest absolute Gasteiger partial charge is 0.396 e. The highest BCUT2D eigenvalue weighted by Crippen LogP contribution is 2.15. The van der Waals surface area contributed by atoms with E-state index in [1.54, 1.807) is 16.3 Å². The molecule has 6 heteroatoms. The topological polar surface area (TPSA) is 70.9 Å². The average Bonchev–Trinajstić information content (AvgIpc) is 2.63. The molecule has 0 aliphatic heterocycles. The molecule has 0 aliphatic rings. The van der Waals surface area contributed by atoms with E-state index in [1.807, 2.05) is 0 Å². The van der Waals surface area contributed by atoms with Crippen molar-refractivity contribution in [1.82, 2.24) is 14.8 Å². The second-order valence-electron chi connectivity index (χ2n) is 3.60. The van der Waals surface area contributed by atoms with Crippen molar-refractivity contribution in [2.45, 2.75) is 44.3 Å². The number of aliphatic hydroxyl groups is 1. The van der Waals surface area contributed by atoms with Crippen LogP contribution in [0.5, 0.6) is 0 Å². The Morgan fingerprint density at radius 1 is 1.44 bits per heavy atom. The van der Waals surface area contributed by atoms with Crippen molar-refractivity contribution in [2.75, 3.05) is 12.4 Å². The first-order chi connectivity index (χ1) is 7.79. The summed E-state index contributed by atoms with van der Waals surface area (Å²) in [4.78, 5) is 11.4. The third-order valence-corrected chi connectivity index (χ3v) is 3.30. The molecular formula is C10H19N3O2S. The van der Waals surface area contributed by atoms with E-state index in [9.17, 15) is 4.79 Å². The van der Waals surface area contributed by atoms with E-state index in [1.165, 1.54) is 0 Å². The number of nitrogens with zero attached hydrogens (tertiary/aromatic N) is 2. The molecule has 0 fully saturated rings. The summed E-state index contributed by atoms with van der Waals surface area (Å²) in [6.45, 7) is 3.05. The van der Waals surface area contributed by atoms with Crippen LogP contribution < -0.4 is 5.69 Å². The number of hydrogen-bond donors (Lipinski definition) is 2. The van der Waals surface area contributed by atoms with Gasteiger partial charge in [0.15, 0.2) is 5.16 Å². The number of aromatic amines is 1. The van der Waals surface area contributed by atoms with Gasteiger partial charge >= 0.3 is 5.69 Å². The summed E-state index contributed by atoms with van der Waals surface area (Å²) < 4.78 is 1.69. The Bertz CT molecular complexity index is 348. The van der Waals surface area contributed by atoms with Gasteiger partial charge in [0.25, 0.3) is 0 Å². The normalized spacial score (nSPS) is 10.9. The fourth-order valence-corrected chi connectivity index (χ4v) is 2.28. The van der Waals surface area contributed by atoms with E-state index < -0.39 is 0 Å². The first-order valence-corrected chi connectivity index (χ1v) is 6.67. The molecule has 0 saturated heterocycles. The van der Waals surface area contributed by atoms with Gasteiger partial charge in [-0.15, -0.1) is 5.10 Å². The molecule has 16 heavy (non-hydrogen) atoms. The number of thioether (sulfide) groups is 1. The van der Waals surface area contributed by atoms with Crippen LogP contribution in [0.15, 0.2) is 9.95 Å². The SMILES string of the molecule is CCCCn1c(SCCCCO)n[nH]c1=O. The molecule has 0 atom stereocenters. The highest BCUT2D eigenvalue weighted by atomic mass is 32.2. The van der Waals surface area contributed by atoms with Crippen LogP contribution in [0.25, 0.3) is 0 Å². The molecule has 0 saturated carbocycles. The van der Waals surface area contributed by atoms with Gasteiger partial charge in [-0.05, 0) is 19.3 Å². The van der Waals surface area contributed by atoms with Crippen LogP contribution in [0.4, 0.5) is 0 Å². The van der Waals surface area contributed by atoms with Crippen LogP contribution in [0.1, 0.15) is 32.6 Å². The van der Waals surface area contributed by atoms with E-state index >= 15 is 0 Å². The summed E-state index contributed by atoms with van der Waals surface area (Å²) >= 11 is 1.57. The van der Waals surface area contributed by atoms with Crippen molar-refractivity contribution in [3.8, 4) is 0 Å². The summed E-state index contributed by atoms with van der Waals surface area (Å²) in [5.74, 6) is 0.886. The number of unbranched alkanes of at least 4 members (excludes halogenated alkanes) is 2. The zero-order chi connectivity index (χ0) is 11.8. The lowest BCUT2D eigenvalue weighted by molar-refractivity contribution is 0.287. The van der Waals surface area contributed by atoms with Crippen LogP contribution >= 0.6 is 11.8 Å². The Morgan fingerprint density at radius 3 is 2.94 bits per heavy atom. The predicted molar refractivity (Wildman–Crippen MR) is 64.8 cm³/mol. The summed E-state index contributed by atoms with van der Waals surface area (Å²) in [5.41, 5.74) is -0.127. The minimum absolute atomic E-state index is 0.127. The average molecular weight is 245 g/mol. The highest BCUT2D eigenvalue weighted by molar-refractivity contribution is 7.99. The lowest BCUT2D eigenvalue weighted by atomic mass is 10.3. The van der Waals surface area contributed by atoms with E-state index in [4.69, 9.17) is 5.11 Å². The molecule has 5 nitrogen and oxygen atoms in total. The Hall–Kier alpha value is -0.750. The van der Waals surface area contributed by atoms with Crippen molar-refractivity contribution in [3.63, 3.8) is 0 Å². The maximum atomic E-state index is 11.4. The first kappa shape index (κ1) is 13.3. The molecule has 0 spiro atoms. The minimum Gasteiger partial charge on any atom is -0.396 e. The van der Waals surface area contributed by atoms with Crippen LogP contribution in [-0.2, 0) is 6.54 Å². The molecule has 2 N–H and O–H groups in total. The van der Waals surface area contributed by atoms with Crippen molar-refractivity contribution in [2.24, 2.45) is 0 Å². The number of aliphatic hydroxyl groups excluding tert-OH is 1. The van der Waals surface area contributed by atoms with Gasteiger partial charge in [0.2, 0.25) is 0 Å². The summed E-state index contributed by atoms with van der Waals surface area (Å²) in [6, 6.07) is 0. The van der Waals surface area contributed by atoms with E-state index in [-0.39, 0.29) is 12.3 Å². The van der Waals surface area contributed by atoms with Gasteiger partial charge in [0, 0.05) is 18.9 Å². The van der Waals surface area contributed by atoms with Gasteiger partial charge < -0.3 is 5.11 Å². The molecule has 0 aliphatic carbocycles. The molecule has 0 radical (unpaired) electrons. The standard InChI is InChI=1S/C10H19N3O2S/c1-2-3-6-13-9(15)11-12-10(13)16-8-5-4-7-14/h14H,2-8H2,1H3,(H,11,15). The van der Waals surface area contributed by atoms with Crippen LogP contribution in [-0.4, -0.2) is 32.2 Å². The van der Waals surface area contributed by atoms with E-state index in [2.05, 4.69) is 17.1 Å². The zero-order valence-electron chi connectivity index (χ0n) is 9.61. The Morgan fingerprint density at radius 2 is 2.25 bits per heavy atom. The molecule has 92 valence electrons. The lowest BCUT2D eigenvalue weighted by Gasteiger charge is -2.03. The Labute approximate surface area is 99.3 Å². The number of rotatable bonds is 8. The van der Waals surface area contributed by atoms with E-state index in [0.717, 1.165) is 43.1 Å². The molecule has 1 heterocycles. The molecule has 1 rings (SSSR count). The second kappa shape index (κ2) is 7.51. The summed E-state index contributed by atoms with van der Waals surface area (Å²) in [5, 5.41) is 15.9. The van der Waals surface area contributed by atoms with Gasteiger partial charge in [-0.2, -0.15) is 0 Å². The van der Waals surface area contributed by atoms with Crippen molar-refractivity contribution in [3.05, 3.63) is 10.5 Å². The number of H-pyrrole nitrogens is 1. The van der Waals surface area contributed by atoms with Crippen LogP contribution in [0.3, 0.4) is 0 Å². The molecule has 1 aromatic rings. The molecule has 0 amide bonds. The van der Waals surface area contributed by atoms with Crippen LogP contribution in [0.2, 0.25) is 0 Å². The van der Waals surface area contributed by atoms with E-state index in [0.29, 0.717) is 0 Å². The molecular weight excluding hydrogens is 226 g/mol. The third kappa shape index (κ3) is 4.02. The molecule has 0 bridgehead atoms. The fraction of sp³-hybridized carbons (Fsp3) is 0.800. The Balaban J connectivity index is 2.48. The lowest BCUT2D eigenvalue weighted by Crippen LogP contribution is -2.17. The van der Waals surface area contributed by atoms with Crippen molar-refractivity contribution in [1.29, 1.82) is 0 Å². The molecule has 0 unspecified atom stereocenters. The van der Waals surface area contributed by atoms with Gasteiger partial charge in [-0.25, -0.2) is 9.89 Å². The second-order valence-corrected chi connectivity index (χ2v) is 4.66. The fourth-order valence-electron chi connectivity index (χ4n) is 1.30. The summed E-state index contributed by atoms with van der Waals surface area (Å²) in [7, 11) is 0. The third-order valence-electron chi connectivity index (χ3n) is 2.24. The summed E-state index contributed by atoms with van der Waals surface area (Å²) in [6.07, 6.45) is 3.79. The number of aromatic nitrogens is 3. The first-order valence-electron chi connectivity index (χ1n) is 5.68. The maximum absolute atomic E-state index is 11.4. The van der Waals surface area contributed by atoms with Crippen molar-refractivity contribution < 1.29 is 5.11 Å². The van der Waals surface area contributed by atoms with Gasteiger partial charge in [-0.1, -0.05) is 25.1 Å². The molecule has 0 aromatic carbocycles. The smallest absolute Gasteiger partial charge is 0.343 e. The van der Waals surface area contributed by atoms with Crippen LogP contribution in [0, 0.1) is 0 Å². The quantitative estimate of drug-likeness (QED) is 0.534. The van der Waals surface area contributed by atoms with Gasteiger partial charge in [0.1, 0.15) is 0 Å².